The van der Waals surface area contributed by atoms with Crippen LogP contribution >= 0.6 is 11.6 Å². The molecule has 1 N–H and O–H groups in total. The molecule has 21 heavy (non-hydrogen) atoms. The van der Waals surface area contributed by atoms with Gasteiger partial charge in [-0.3, -0.25) is 0 Å². The molecule has 1 atom stereocenters. The van der Waals surface area contributed by atoms with Crippen molar-refractivity contribution < 1.29 is 14.2 Å². The lowest BCUT2D eigenvalue weighted by Crippen LogP contribution is -2.49. The first-order valence-electron chi connectivity index (χ1n) is 7.46. The van der Waals surface area contributed by atoms with Gasteiger partial charge < -0.3 is 9.84 Å². The Bertz CT molecular complexity index is 492. The molecule has 1 aromatic carbocycles. The number of benzene rings is 1. The third-order valence-electron chi connectivity index (χ3n) is 4.91. The summed E-state index contributed by atoms with van der Waals surface area (Å²) >= 11 is 5.98. The van der Waals surface area contributed by atoms with Gasteiger partial charge in [-0.25, -0.2) is 4.39 Å². The largest absolute Gasteiger partial charge is 0.390 e. The minimum absolute atomic E-state index is 0.0962. The Kier molecular flexibility index (Phi) is 4.96. The molecule has 1 saturated carbocycles. The van der Waals surface area contributed by atoms with E-state index >= 15 is 0 Å². The van der Waals surface area contributed by atoms with Crippen molar-refractivity contribution in [2.45, 2.75) is 57.7 Å². The Balaban J connectivity index is 2.14. The average Bonchev–Trinajstić information content (AvgIpc) is 2.44. The normalized spacial score (nSPS) is 22.0. The highest BCUT2D eigenvalue weighted by Crippen LogP contribution is 2.44. The predicted octanol–water partition coefficient (Wildman–Crippen LogP) is 4.37. The summed E-state index contributed by atoms with van der Waals surface area (Å²) in [5.41, 5.74) is 0.370. The molecule has 1 fully saturated rings. The molecular weight excluding hydrogens is 291 g/mol. The van der Waals surface area contributed by atoms with E-state index < -0.39 is 17.5 Å². The van der Waals surface area contributed by atoms with E-state index in [4.69, 9.17) is 16.3 Å². The van der Waals surface area contributed by atoms with Crippen LogP contribution in [0.15, 0.2) is 18.2 Å². The smallest absolute Gasteiger partial charge is 0.142 e. The van der Waals surface area contributed by atoms with E-state index in [2.05, 4.69) is 13.8 Å². The first-order valence-corrected chi connectivity index (χ1v) is 7.84. The Morgan fingerprint density at radius 1 is 1.29 bits per heavy atom. The fourth-order valence-electron chi connectivity index (χ4n) is 3.12. The number of aliphatic hydroxyl groups is 1. The van der Waals surface area contributed by atoms with Crippen LogP contribution in [-0.2, 0) is 11.2 Å². The zero-order valence-electron chi connectivity index (χ0n) is 13.0. The summed E-state index contributed by atoms with van der Waals surface area (Å²) in [6.07, 6.45) is 3.27. The third-order valence-corrected chi connectivity index (χ3v) is 5.33. The monoisotopic (exact) mass is 314 g/mol. The molecule has 0 radical (unpaired) electrons. The van der Waals surface area contributed by atoms with Crippen LogP contribution in [0.3, 0.4) is 0 Å². The average molecular weight is 315 g/mol. The fourth-order valence-corrected chi connectivity index (χ4v) is 3.33. The van der Waals surface area contributed by atoms with E-state index in [-0.39, 0.29) is 10.4 Å². The second kappa shape index (κ2) is 6.23. The van der Waals surface area contributed by atoms with Gasteiger partial charge in [0, 0.05) is 13.5 Å². The predicted molar refractivity (Wildman–Crippen MR) is 83.1 cm³/mol. The van der Waals surface area contributed by atoms with Crippen LogP contribution in [-0.4, -0.2) is 23.9 Å². The molecule has 0 amide bonds. The molecule has 0 saturated heterocycles. The molecule has 1 aliphatic carbocycles. The highest BCUT2D eigenvalue weighted by Gasteiger charge is 2.43. The van der Waals surface area contributed by atoms with Crippen LogP contribution in [0.5, 0.6) is 0 Å². The van der Waals surface area contributed by atoms with Crippen LogP contribution < -0.4 is 0 Å². The lowest BCUT2D eigenvalue weighted by atomic mass is 9.68. The minimum Gasteiger partial charge on any atom is -0.390 e. The van der Waals surface area contributed by atoms with Crippen molar-refractivity contribution in [2.75, 3.05) is 7.11 Å². The molecule has 0 aliphatic heterocycles. The van der Waals surface area contributed by atoms with Gasteiger partial charge in [-0.1, -0.05) is 37.6 Å². The molecule has 4 heteroatoms. The van der Waals surface area contributed by atoms with Gasteiger partial charge in [0.05, 0.1) is 16.7 Å². The van der Waals surface area contributed by atoms with Crippen LogP contribution in [0.1, 0.15) is 45.1 Å². The SMILES string of the molecule is COC1(C(O)Cc2cccc(F)c2Cl)CCC(C)(C)CC1. The van der Waals surface area contributed by atoms with E-state index in [0.29, 0.717) is 12.0 Å². The number of hydrogen-bond donors (Lipinski definition) is 1. The molecule has 1 unspecified atom stereocenters. The topological polar surface area (TPSA) is 29.5 Å². The summed E-state index contributed by atoms with van der Waals surface area (Å²) in [7, 11) is 1.65. The van der Waals surface area contributed by atoms with Crippen molar-refractivity contribution >= 4 is 11.6 Å². The molecule has 0 spiro atoms. The van der Waals surface area contributed by atoms with E-state index in [1.165, 1.54) is 6.07 Å². The molecule has 1 aromatic rings. The molecule has 2 nitrogen and oxygen atoms in total. The van der Waals surface area contributed by atoms with Gasteiger partial charge in [0.25, 0.3) is 0 Å². The van der Waals surface area contributed by atoms with Crippen molar-refractivity contribution in [1.82, 2.24) is 0 Å². The second-order valence-electron chi connectivity index (χ2n) is 6.87. The number of hydrogen-bond acceptors (Lipinski definition) is 2. The molecule has 118 valence electrons. The summed E-state index contributed by atoms with van der Waals surface area (Å²) in [6.45, 7) is 4.48. The maximum absolute atomic E-state index is 13.5. The number of ether oxygens (including phenoxy) is 1. The highest BCUT2D eigenvalue weighted by atomic mass is 35.5. The van der Waals surface area contributed by atoms with Gasteiger partial charge in [0.1, 0.15) is 5.82 Å². The molecule has 1 aliphatic rings. The van der Waals surface area contributed by atoms with Crippen LogP contribution in [0.2, 0.25) is 5.02 Å². The summed E-state index contributed by atoms with van der Waals surface area (Å²) in [5, 5.41) is 10.8. The van der Waals surface area contributed by atoms with Gasteiger partial charge >= 0.3 is 0 Å². The number of aliphatic hydroxyl groups excluding tert-OH is 1. The van der Waals surface area contributed by atoms with Crippen LogP contribution in [0.25, 0.3) is 0 Å². The minimum atomic E-state index is -0.683. The maximum Gasteiger partial charge on any atom is 0.142 e. The van der Waals surface area contributed by atoms with Gasteiger partial charge in [-0.05, 0) is 42.7 Å². The number of rotatable bonds is 4. The first kappa shape index (κ1) is 16.7. The van der Waals surface area contributed by atoms with Crippen LogP contribution in [0.4, 0.5) is 4.39 Å². The first-order chi connectivity index (χ1) is 9.80. The van der Waals surface area contributed by atoms with Gasteiger partial charge in [0.2, 0.25) is 0 Å². The Morgan fingerprint density at radius 3 is 2.48 bits per heavy atom. The zero-order valence-corrected chi connectivity index (χ0v) is 13.7. The van der Waals surface area contributed by atoms with Crippen molar-refractivity contribution in [3.8, 4) is 0 Å². The lowest BCUT2D eigenvalue weighted by Gasteiger charge is -2.45. The van der Waals surface area contributed by atoms with Crippen molar-refractivity contribution in [2.24, 2.45) is 5.41 Å². The van der Waals surface area contributed by atoms with Gasteiger partial charge in [-0.2, -0.15) is 0 Å². The maximum atomic E-state index is 13.5. The summed E-state index contributed by atoms with van der Waals surface area (Å²) in [6, 6.07) is 4.70. The lowest BCUT2D eigenvalue weighted by molar-refractivity contribution is -0.135. The van der Waals surface area contributed by atoms with E-state index in [0.717, 1.165) is 25.7 Å². The third kappa shape index (κ3) is 3.58. The molecule has 0 heterocycles. The van der Waals surface area contributed by atoms with E-state index in [9.17, 15) is 9.50 Å². The van der Waals surface area contributed by atoms with Crippen molar-refractivity contribution in [1.29, 1.82) is 0 Å². The molecule has 0 bridgehead atoms. The summed E-state index contributed by atoms with van der Waals surface area (Å²) in [4.78, 5) is 0. The Morgan fingerprint density at radius 2 is 1.90 bits per heavy atom. The zero-order chi connectivity index (χ0) is 15.7. The van der Waals surface area contributed by atoms with Crippen LogP contribution in [0, 0.1) is 11.2 Å². The van der Waals surface area contributed by atoms with Gasteiger partial charge in [0.15, 0.2) is 0 Å². The molecule has 0 aromatic heterocycles. The van der Waals surface area contributed by atoms with E-state index in [1.807, 2.05) is 0 Å². The Hall–Kier alpha value is -0.640. The summed E-state index contributed by atoms with van der Waals surface area (Å²) in [5.74, 6) is -0.447. The van der Waals surface area contributed by atoms with Crippen molar-refractivity contribution in [3.63, 3.8) is 0 Å². The van der Waals surface area contributed by atoms with Crippen molar-refractivity contribution in [3.05, 3.63) is 34.6 Å². The van der Waals surface area contributed by atoms with E-state index in [1.54, 1.807) is 19.2 Å². The molecular formula is C17H24ClFO2. The standard InChI is InChI=1S/C17H24ClFO2/c1-16(2)7-9-17(21-3,10-8-16)14(20)11-12-5-4-6-13(19)15(12)18/h4-6,14,20H,7-11H2,1-3H3. The number of halogens is 2. The highest BCUT2D eigenvalue weighted by molar-refractivity contribution is 6.31. The van der Waals surface area contributed by atoms with Gasteiger partial charge in [-0.15, -0.1) is 0 Å². The molecule has 2 rings (SSSR count). The number of methoxy groups -OCH3 is 1. The quantitative estimate of drug-likeness (QED) is 0.894. The Labute approximate surface area is 131 Å². The second-order valence-corrected chi connectivity index (χ2v) is 7.24. The summed E-state index contributed by atoms with van der Waals surface area (Å²) < 4.78 is 19.2. The fraction of sp³-hybridized carbons (Fsp3) is 0.647.